The largest absolute Gasteiger partial charge is 0.381 e. The number of anilines is 1. The van der Waals surface area contributed by atoms with E-state index in [0.717, 1.165) is 50.5 Å². The van der Waals surface area contributed by atoms with Gasteiger partial charge in [0.1, 0.15) is 11.6 Å². The molecule has 1 aromatic heterocycles. The molecule has 0 aromatic carbocycles. The molecule has 23 heavy (non-hydrogen) atoms. The first-order chi connectivity index (χ1) is 10.9. The van der Waals surface area contributed by atoms with E-state index in [1.807, 2.05) is 13.0 Å². The molecule has 2 saturated heterocycles. The summed E-state index contributed by atoms with van der Waals surface area (Å²) in [6.45, 7) is 4.92. The lowest BCUT2D eigenvalue weighted by Crippen LogP contribution is -2.44. The van der Waals surface area contributed by atoms with Gasteiger partial charge in [-0.05, 0) is 32.1 Å². The van der Waals surface area contributed by atoms with Crippen LogP contribution in [0.4, 0.5) is 5.82 Å². The second-order valence-corrected chi connectivity index (χ2v) is 8.28. The molecule has 2 aliphatic heterocycles. The Kier molecular flexibility index (Phi) is 4.84. The predicted molar refractivity (Wildman–Crippen MR) is 87.7 cm³/mol. The first-order valence-electron chi connectivity index (χ1n) is 8.07. The summed E-state index contributed by atoms with van der Waals surface area (Å²) < 4.78 is 30.4. The number of nitrogens with one attached hydrogen (secondary N) is 1. The lowest BCUT2D eigenvalue weighted by atomic mass is 10.0. The van der Waals surface area contributed by atoms with E-state index < -0.39 is 10.0 Å². The van der Waals surface area contributed by atoms with Crippen molar-refractivity contribution in [3.8, 4) is 0 Å². The molecule has 7 nitrogen and oxygen atoms in total. The SMILES string of the molecule is Cc1nc(NCC2CCOCC2)cc([C@@H]2CCN2S(C)(=O)=O)n1. The summed E-state index contributed by atoms with van der Waals surface area (Å²) in [4.78, 5) is 8.86. The summed E-state index contributed by atoms with van der Waals surface area (Å²) in [6.07, 6.45) is 4.18. The predicted octanol–water partition coefficient (Wildman–Crippen LogP) is 1.33. The zero-order valence-electron chi connectivity index (χ0n) is 13.7. The number of ether oxygens (including phenoxy) is 1. The summed E-state index contributed by atoms with van der Waals surface area (Å²) in [5, 5.41) is 3.38. The molecule has 0 amide bonds. The fourth-order valence-electron chi connectivity index (χ4n) is 3.11. The molecule has 0 unspecified atom stereocenters. The topological polar surface area (TPSA) is 84.4 Å². The van der Waals surface area contributed by atoms with E-state index >= 15 is 0 Å². The van der Waals surface area contributed by atoms with E-state index in [-0.39, 0.29) is 6.04 Å². The molecule has 0 radical (unpaired) electrons. The normalized spacial score (nSPS) is 23.5. The van der Waals surface area contributed by atoms with Crippen molar-refractivity contribution < 1.29 is 13.2 Å². The van der Waals surface area contributed by atoms with Crippen LogP contribution in [0, 0.1) is 12.8 Å². The number of sulfonamides is 1. The van der Waals surface area contributed by atoms with Crippen LogP contribution in [0.1, 0.15) is 36.8 Å². The molecule has 2 aliphatic rings. The van der Waals surface area contributed by atoms with Crippen LogP contribution in [0.5, 0.6) is 0 Å². The Labute approximate surface area is 137 Å². The van der Waals surface area contributed by atoms with Gasteiger partial charge in [0.2, 0.25) is 10.0 Å². The molecular weight excluding hydrogens is 316 g/mol. The maximum atomic E-state index is 11.8. The van der Waals surface area contributed by atoms with Crippen molar-refractivity contribution in [1.82, 2.24) is 14.3 Å². The highest BCUT2D eigenvalue weighted by atomic mass is 32.2. The minimum absolute atomic E-state index is 0.157. The fraction of sp³-hybridized carbons (Fsp3) is 0.733. The molecule has 1 N–H and O–H groups in total. The van der Waals surface area contributed by atoms with Crippen molar-refractivity contribution in [3.05, 3.63) is 17.6 Å². The Morgan fingerprint density at radius 1 is 1.30 bits per heavy atom. The Bertz CT molecular complexity index is 659. The Morgan fingerprint density at radius 3 is 2.65 bits per heavy atom. The minimum Gasteiger partial charge on any atom is -0.381 e. The van der Waals surface area contributed by atoms with Crippen LogP contribution >= 0.6 is 0 Å². The third-order valence-corrected chi connectivity index (χ3v) is 5.80. The molecule has 128 valence electrons. The van der Waals surface area contributed by atoms with Crippen molar-refractivity contribution in [2.24, 2.45) is 5.92 Å². The third-order valence-electron chi connectivity index (χ3n) is 4.51. The Hall–Kier alpha value is -1.25. The van der Waals surface area contributed by atoms with Gasteiger partial charge < -0.3 is 10.1 Å². The monoisotopic (exact) mass is 340 g/mol. The van der Waals surface area contributed by atoms with E-state index in [2.05, 4.69) is 15.3 Å². The van der Waals surface area contributed by atoms with Gasteiger partial charge in [0, 0.05) is 32.4 Å². The van der Waals surface area contributed by atoms with Crippen molar-refractivity contribution >= 4 is 15.8 Å². The van der Waals surface area contributed by atoms with Gasteiger partial charge in [-0.25, -0.2) is 18.4 Å². The van der Waals surface area contributed by atoms with Gasteiger partial charge >= 0.3 is 0 Å². The van der Waals surface area contributed by atoms with Gasteiger partial charge in [-0.3, -0.25) is 0 Å². The summed E-state index contributed by atoms with van der Waals surface area (Å²) >= 11 is 0. The van der Waals surface area contributed by atoms with E-state index in [1.54, 1.807) is 0 Å². The molecule has 1 atom stereocenters. The van der Waals surface area contributed by atoms with Crippen molar-refractivity contribution in [3.63, 3.8) is 0 Å². The number of hydrogen-bond acceptors (Lipinski definition) is 6. The van der Waals surface area contributed by atoms with Crippen LogP contribution in [0.2, 0.25) is 0 Å². The highest BCUT2D eigenvalue weighted by Gasteiger charge is 2.37. The molecule has 3 rings (SSSR count). The minimum atomic E-state index is -3.18. The molecule has 8 heteroatoms. The van der Waals surface area contributed by atoms with Crippen LogP contribution in [0.25, 0.3) is 0 Å². The highest BCUT2D eigenvalue weighted by molar-refractivity contribution is 7.88. The molecular formula is C15H24N4O3S. The van der Waals surface area contributed by atoms with Gasteiger partial charge in [0.15, 0.2) is 0 Å². The van der Waals surface area contributed by atoms with Crippen molar-refractivity contribution in [2.75, 3.05) is 37.9 Å². The first-order valence-corrected chi connectivity index (χ1v) is 9.92. The highest BCUT2D eigenvalue weighted by Crippen LogP contribution is 2.35. The Balaban J connectivity index is 1.69. The van der Waals surface area contributed by atoms with Gasteiger partial charge in [-0.1, -0.05) is 0 Å². The van der Waals surface area contributed by atoms with Crippen LogP contribution < -0.4 is 5.32 Å². The zero-order chi connectivity index (χ0) is 16.4. The number of aromatic nitrogens is 2. The van der Waals surface area contributed by atoms with Crippen molar-refractivity contribution in [1.29, 1.82) is 0 Å². The molecule has 2 fully saturated rings. The van der Waals surface area contributed by atoms with Crippen LogP contribution in [-0.2, 0) is 14.8 Å². The molecule has 3 heterocycles. The Morgan fingerprint density at radius 2 is 2.04 bits per heavy atom. The lowest BCUT2D eigenvalue weighted by Gasteiger charge is -2.38. The molecule has 1 aromatic rings. The number of nitrogens with zero attached hydrogens (tertiary/aromatic N) is 3. The standard InChI is InChI=1S/C15H24N4O3S/c1-11-17-13(14-3-6-19(14)23(2,20)21)9-15(18-11)16-10-12-4-7-22-8-5-12/h9,12,14H,3-8,10H2,1-2H3,(H,16,17,18)/t14-/m0/s1. The summed E-state index contributed by atoms with van der Waals surface area (Å²) in [7, 11) is -3.18. The number of rotatable bonds is 5. The third kappa shape index (κ3) is 3.99. The van der Waals surface area contributed by atoms with Gasteiger partial charge in [-0.15, -0.1) is 0 Å². The summed E-state index contributed by atoms with van der Waals surface area (Å²) in [6, 6.07) is 1.73. The maximum absolute atomic E-state index is 11.8. The van der Waals surface area contributed by atoms with Gasteiger partial charge in [0.25, 0.3) is 0 Å². The van der Waals surface area contributed by atoms with E-state index in [4.69, 9.17) is 4.74 Å². The molecule has 0 bridgehead atoms. The van der Waals surface area contributed by atoms with E-state index in [1.165, 1.54) is 10.6 Å². The van der Waals surface area contributed by atoms with E-state index in [0.29, 0.717) is 18.3 Å². The molecule has 0 spiro atoms. The van der Waals surface area contributed by atoms with Crippen LogP contribution in [0.15, 0.2) is 6.07 Å². The first kappa shape index (κ1) is 16.6. The molecule has 0 aliphatic carbocycles. The smallest absolute Gasteiger partial charge is 0.211 e. The van der Waals surface area contributed by atoms with Crippen molar-refractivity contribution in [2.45, 2.75) is 32.2 Å². The summed E-state index contributed by atoms with van der Waals surface area (Å²) in [5.41, 5.74) is 0.781. The van der Waals surface area contributed by atoms with Crippen LogP contribution in [0.3, 0.4) is 0 Å². The lowest BCUT2D eigenvalue weighted by molar-refractivity contribution is 0.0699. The van der Waals surface area contributed by atoms with Gasteiger partial charge in [0.05, 0.1) is 18.0 Å². The zero-order valence-corrected chi connectivity index (χ0v) is 14.5. The maximum Gasteiger partial charge on any atom is 0.211 e. The average molecular weight is 340 g/mol. The number of aryl methyl sites for hydroxylation is 1. The fourth-order valence-corrected chi connectivity index (χ4v) is 4.22. The second-order valence-electron chi connectivity index (χ2n) is 6.34. The summed E-state index contributed by atoms with van der Waals surface area (Å²) in [5.74, 6) is 2.04. The van der Waals surface area contributed by atoms with Gasteiger partial charge in [-0.2, -0.15) is 4.31 Å². The van der Waals surface area contributed by atoms with E-state index in [9.17, 15) is 8.42 Å². The average Bonchev–Trinajstić information content (AvgIpc) is 2.43. The molecule has 0 saturated carbocycles. The second kappa shape index (κ2) is 6.70. The van der Waals surface area contributed by atoms with Crippen LogP contribution in [-0.4, -0.2) is 55.3 Å². The quantitative estimate of drug-likeness (QED) is 0.870. The number of hydrogen-bond donors (Lipinski definition) is 1.